The molecular weight excluding hydrogens is 206 g/mol. The molecule has 1 rings (SSSR count). The van der Waals surface area contributed by atoms with Gasteiger partial charge in [-0.2, -0.15) is 0 Å². The molecule has 84 valence electrons. The van der Waals surface area contributed by atoms with E-state index in [-0.39, 0.29) is 12.2 Å². The molecule has 0 atom stereocenters. The Morgan fingerprint density at radius 2 is 1.88 bits per heavy atom. The van der Waals surface area contributed by atoms with E-state index in [1.54, 1.807) is 0 Å². The van der Waals surface area contributed by atoms with E-state index in [4.69, 9.17) is 5.11 Å². The van der Waals surface area contributed by atoms with Gasteiger partial charge in [-0.05, 0) is 23.8 Å². The molecule has 0 aliphatic rings. The number of nitrogens with one attached hydrogen (secondary N) is 1. The van der Waals surface area contributed by atoms with Gasteiger partial charge in [-0.3, -0.25) is 4.79 Å². The maximum absolute atomic E-state index is 11.3. The lowest BCUT2D eigenvalue weighted by Crippen LogP contribution is -2.00. The van der Waals surface area contributed by atoms with Gasteiger partial charge < -0.3 is 10.4 Å². The molecule has 0 fully saturated rings. The lowest BCUT2D eigenvalue weighted by atomic mass is 10.1. The fourth-order valence-corrected chi connectivity index (χ4v) is 1.21. The minimum atomic E-state index is -1.11. The smallest absolute Gasteiger partial charge is 0.328 e. The fourth-order valence-electron chi connectivity index (χ4n) is 1.21. The third kappa shape index (κ3) is 3.96. The molecule has 4 nitrogen and oxygen atoms in total. The summed E-state index contributed by atoms with van der Waals surface area (Å²) < 4.78 is 0. The first-order valence-corrected chi connectivity index (χ1v) is 4.82. The zero-order valence-electron chi connectivity index (χ0n) is 8.93. The first kappa shape index (κ1) is 12.0. The fraction of sp³-hybridized carbons (Fsp3) is 0.167. The van der Waals surface area contributed by atoms with Crippen LogP contribution in [0.5, 0.6) is 0 Å². The Bertz CT molecular complexity index is 407. The number of aliphatic carboxylic acids is 1. The average Bonchev–Trinajstić information content (AvgIpc) is 2.27. The van der Waals surface area contributed by atoms with Crippen LogP contribution in [0.1, 0.15) is 5.56 Å². The predicted molar refractivity (Wildman–Crippen MR) is 61.5 cm³/mol. The molecule has 0 aliphatic carbocycles. The number of hydrogen-bond acceptors (Lipinski definition) is 3. The standard InChI is InChI=1S/C12H13NO3/c1-13-10-4-2-9(3-5-10)8-11(14)6-7-12(15)16/h2-7,13H,8H2,1H3,(H,15,16)/b7-6-. The second kappa shape index (κ2) is 5.70. The SMILES string of the molecule is CNc1ccc(CC(=O)/C=C\C(=O)O)cc1. The number of ketones is 1. The first-order chi connectivity index (χ1) is 7.61. The summed E-state index contributed by atoms with van der Waals surface area (Å²) >= 11 is 0. The van der Waals surface area contributed by atoms with Crippen LogP contribution in [0.4, 0.5) is 5.69 Å². The van der Waals surface area contributed by atoms with Gasteiger partial charge in [0.1, 0.15) is 0 Å². The van der Waals surface area contributed by atoms with E-state index in [1.807, 2.05) is 31.3 Å². The van der Waals surface area contributed by atoms with E-state index < -0.39 is 5.97 Å². The molecule has 0 heterocycles. The van der Waals surface area contributed by atoms with Crippen molar-refractivity contribution in [3.63, 3.8) is 0 Å². The van der Waals surface area contributed by atoms with E-state index in [0.29, 0.717) is 0 Å². The van der Waals surface area contributed by atoms with Gasteiger partial charge in [-0.25, -0.2) is 4.79 Å². The summed E-state index contributed by atoms with van der Waals surface area (Å²) in [6.45, 7) is 0. The molecule has 0 spiro atoms. The minimum absolute atomic E-state index is 0.216. The summed E-state index contributed by atoms with van der Waals surface area (Å²) in [7, 11) is 1.82. The zero-order valence-corrected chi connectivity index (χ0v) is 8.93. The van der Waals surface area contributed by atoms with Crippen molar-refractivity contribution in [2.24, 2.45) is 0 Å². The van der Waals surface area contributed by atoms with E-state index in [2.05, 4.69) is 5.32 Å². The average molecular weight is 219 g/mol. The number of carbonyl (C=O) groups excluding carboxylic acids is 1. The molecular formula is C12H13NO3. The molecule has 0 radical (unpaired) electrons. The molecule has 0 unspecified atom stereocenters. The quantitative estimate of drug-likeness (QED) is 0.736. The maximum atomic E-state index is 11.3. The number of hydrogen-bond donors (Lipinski definition) is 2. The number of carbonyl (C=O) groups is 2. The Kier molecular flexibility index (Phi) is 4.27. The normalized spacial score (nSPS) is 10.3. The maximum Gasteiger partial charge on any atom is 0.328 e. The summed E-state index contributed by atoms with van der Waals surface area (Å²) in [6, 6.07) is 7.39. The van der Waals surface area contributed by atoms with Crippen LogP contribution in [-0.4, -0.2) is 23.9 Å². The van der Waals surface area contributed by atoms with Crippen LogP contribution in [0, 0.1) is 0 Å². The van der Waals surface area contributed by atoms with Gasteiger partial charge in [0.2, 0.25) is 0 Å². The van der Waals surface area contributed by atoms with E-state index >= 15 is 0 Å². The minimum Gasteiger partial charge on any atom is -0.478 e. The van der Waals surface area contributed by atoms with Gasteiger partial charge in [-0.15, -0.1) is 0 Å². The molecule has 2 N–H and O–H groups in total. The highest BCUT2D eigenvalue weighted by atomic mass is 16.4. The monoisotopic (exact) mass is 219 g/mol. The Labute approximate surface area is 93.6 Å². The van der Waals surface area contributed by atoms with Crippen molar-refractivity contribution < 1.29 is 14.7 Å². The zero-order chi connectivity index (χ0) is 12.0. The van der Waals surface area contributed by atoms with Crippen LogP contribution < -0.4 is 5.32 Å². The third-order valence-electron chi connectivity index (χ3n) is 2.03. The summed E-state index contributed by atoms with van der Waals surface area (Å²) in [4.78, 5) is 21.5. The Morgan fingerprint density at radius 3 is 2.38 bits per heavy atom. The van der Waals surface area contributed by atoms with Crippen LogP contribution in [0.2, 0.25) is 0 Å². The van der Waals surface area contributed by atoms with Crippen LogP contribution in [0.15, 0.2) is 36.4 Å². The molecule has 0 saturated heterocycles. The molecule has 16 heavy (non-hydrogen) atoms. The highest BCUT2D eigenvalue weighted by molar-refractivity contribution is 5.96. The van der Waals surface area contributed by atoms with E-state index in [9.17, 15) is 9.59 Å². The molecule has 0 amide bonds. The lowest BCUT2D eigenvalue weighted by molar-refractivity contribution is -0.131. The highest BCUT2D eigenvalue weighted by Gasteiger charge is 2.00. The molecule has 0 aromatic heterocycles. The number of carboxylic acids is 1. The van der Waals surface area contributed by atoms with Gasteiger partial charge in [-0.1, -0.05) is 12.1 Å². The largest absolute Gasteiger partial charge is 0.478 e. The molecule has 1 aromatic rings. The molecule has 4 heteroatoms. The highest BCUT2D eigenvalue weighted by Crippen LogP contribution is 2.09. The second-order valence-electron chi connectivity index (χ2n) is 3.26. The van der Waals surface area contributed by atoms with Crippen LogP contribution in [-0.2, 0) is 16.0 Å². The number of allylic oxidation sites excluding steroid dienone is 1. The Balaban J connectivity index is 2.59. The van der Waals surface area contributed by atoms with Crippen molar-refractivity contribution in [3.8, 4) is 0 Å². The van der Waals surface area contributed by atoms with Gasteiger partial charge in [0.05, 0.1) is 0 Å². The van der Waals surface area contributed by atoms with Crippen molar-refractivity contribution in [1.82, 2.24) is 0 Å². The van der Waals surface area contributed by atoms with Crippen LogP contribution >= 0.6 is 0 Å². The number of carboxylic acid groups (broad SMARTS) is 1. The molecule has 0 aliphatic heterocycles. The predicted octanol–water partition coefficient (Wildman–Crippen LogP) is 1.48. The summed E-state index contributed by atoms with van der Waals surface area (Å²) in [5.41, 5.74) is 1.83. The van der Waals surface area contributed by atoms with Gasteiger partial charge in [0.25, 0.3) is 0 Å². The number of benzene rings is 1. The van der Waals surface area contributed by atoms with Crippen LogP contribution in [0.3, 0.4) is 0 Å². The van der Waals surface area contributed by atoms with Crippen molar-refractivity contribution in [3.05, 3.63) is 42.0 Å². The first-order valence-electron chi connectivity index (χ1n) is 4.82. The molecule has 0 saturated carbocycles. The molecule has 1 aromatic carbocycles. The second-order valence-corrected chi connectivity index (χ2v) is 3.26. The van der Waals surface area contributed by atoms with Gasteiger partial charge in [0, 0.05) is 25.2 Å². The molecule has 0 bridgehead atoms. The number of anilines is 1. The van der Waals surface area contributed by atoms with Crippen molar-refractivity contribution >= 4 is 17.4 Å². The van der Waals surface area contributed by atoms with Crippen molar-refractivity contribution in [2.45, 2.75) is 6.42 Å². The van der Waals surface area contributed by atoms with Crippen molar-refractivity contribution in [1.29, 1.82) is 0 Å². The third-order valence-corrected chi connectivity index (χ3v) is 2.03. The summed E-state index contributed by atoms with van der Waals surface area (Å²) in [5.74, 6) is -1.33. The topological polar surface area (TPSA) is 66.4 Å². The summed E-state index contributed by atoms with van der Waals surface area (Å²) in [6.07, 6.45) is 2.15. The summed E-state index contributed by atoms with van der Waals surface area (Å²) in [5, 5.41) is 11.3. The Morgan fingerprint density at radius 1 is 1.25 bits per heavy atom. The van der Waals surface area contributed by atoms with Crippen LogP contribution in [0.25, 0.3) is 0 Å². The van der Waals surface area contributed by atoms with E-state index in [1.165, 1.54) is 0 Å². The Hall–Kier alpha value is -2.10. The van der Waals surface area contributed by atoms with E-state index in [0.717, 1.165) is 23.4 Å². The number of rotatable bonds is 5. The lowest BCUT2D eigenvalue weighted by Gasteiger charge is -2.01. The van der Waals surface area contributed by atoms with Gasteiger partial charge >= 0.3 is 5.97 Å². The van der Waals surface area contributed by atoms with Crippen molar-refractivity contribution in [2.75, 3.05) is 12.4 Å². The van der Waals surface area contributed by atoms with Gasteiger partial charge in [0.15, 0.2) is 5.78 Å².